The Morgan fingerprint density at radius 1 is 1.50 bits per heavy atom. The Kier molecular flexibility index (Phi) is 5.09. The summed E-state index contributed by atoms with van der Waals surface area (Å²) in [4.78, 5) is 13.7. The van der Waals surface area contributed by atoms with Crippen molar-refractivity contribution in [2.75, 3.05) is 24.6 Å². The molecule has 0 aliphatic heterocycles. The summed E-state index contributed by atoms with van der Waals surface area (Å²) < 4.78 is 13.4. The number of hydrogen-bond donors (Lipinski definition) is 2. The zero-order valence-corrected chi connectivity index (χ0v) is 11.0. The van der Waals surface area contributed by atoms with E-state index in [0.717, 1.165) is 0 Å². The third-order valence-electron chi connectivity index (χ3n) is 2.84. The topological polar surface area (TPSA) is 58.4 Å². The Balaban J connectivity index is 2.52. The molecule has 0 spiro atoms. The molecule has 0 unspecified atom stereocenters. The van der Waals surface area contributed by atoms with Gasteiger partial charge in [-0.05, 0) is 39.1 Å². The summed E-state index contributed by atoms with van der Waals surface area (Å²) in [6, 6.07) is 4.49. The molecule has 0 saturated heterocycles. The lowest BCUT2D eigenvalue weighted by Gasteiger charge is -2.20. The van der Waals surface area contributed by atoms with Crippen molar-refractivity contribution in [1.29, 1.82) is 0 Å². The van der Waals surface area contributed by atoms with Gasteiger partial charge in [-0.15, -0.1) is 0 Å². The van der Waals surface area contributed by atoms with Crippen molar-refractivity contribution in [3.63, 3.8) is 0 Å². The lowest BCUT2D eigenvalue weighted by molar-refractivity contribution is -0.116. The Bertz CT molecular complexity index is 421. The number of amides is 1. The molecule has 0 aromatic heterocycles. The van der Waals surface area contributed by atoms with Crippen molar-refractivity contribution in [3.05, 3.63) is 24.0 Å². The van der Waals surface area contributed by atoms with Gasteiger partial charge < -0.3 is 16.0 Å². The van der Waals surface area contributed by atoms with Crippen LogP contribution in [0.3, 0.4) is 0 Å². The number of nitrogen functional groups attached to an aromatic ring is 1. The van der Waals surface area contributed by atoms with E-state index in [-0.39, 0.29) is 11.6 Å². The van der Waals surface area contributed by atoms with Crippen molar-refractivity contribution < 1.29 is 9.18 Å². The lowest BCUT2D eigenvalue weighted by Crippen LogP contribution is -2.30. The fourth-order valence-electron chi connectivity index (χ4n) is 1.39. The SMILES string of the molecule is CC(C)N(C)CCC(=O)Nc1cc(N)ccc1F. The Hall–Kier alpha value is -1.62. The van der Waals surface area contributed by atoms with Crippen LogP contribution in [0.25, 0.3) is 0 Å². The van der Waals surface area contributed by atoms with Crippen molar-refractivity contribution in [1.82, 2.24) is 4.90 Å². The second-order valence-corrected chi connectivity index (χ2v) is 4.61. The molecule has 1 rings (SSSR count). The van der Waals surface area contributed by atoms with Crippen molar-refractivity contribution in [3.8, 4) is 0 Å². The zero-order chi connectivity index (χ0) is 13.7. The molecule has 0 saturated carbocycles. The van der Waals surface area contributed by atoms with Crippen LogP contribution in [0, 0.1) is 5.82 Å². The summed E-state index contributed by atoms with van der Waals surface area (Å²) in [7, 11) is 1.94. The highest BCUT2D eigenvalue weighted by Gasteiger charge is 2.09. The highest BCUT2D eigenvalue weighted by molar-refractivity contribution is 5.91. The monoisotopic (exact) mass is 253 g/mol. The molecule has 0 bridgehead atoms. The van der Waals surface area contributed by atoms with Gasteiger partial charge in [0.25, 0.3) is 0 Å². The summed E-state index contributed by atoms with van der Waals surface area (Å²) in [5.41, 5.74) is 6.09. The first-order chi connectivity index (χ1) is 8.40. The highest BCUT2D eigenvalue weighted by Crippen LogP contribution is 2.17. The fourth-order valence-corrected chi connectivity index (χ4v) is 1.39. The van der Waals surface area contributed by atoms with Gasteiger partial charge >= 0.3 is 0 Å². The molecule has 0 aliphatic rings. The molecule has 3 N–H and O–H groups in total. The van der Waals surface area contributed by atoms with Gasteiger partial charge in [-0.1, -0.05) is 0 Å². The molecule has 1 aromatic carbocycles. The van der Waals surface area contributed by atoms with Crippen LogP contribution in [0.5, 0.6) is 0 Å². The number of rotatable bonds is 5. The van der Waals surface area contributed by atoms with E-state index in [9.17, 15) is 9.18 Å². The van der Waals surface area contributed by atoms with Crippen LogP contribution in [0.2, 0.25) is 0 Å². The summed E-state index contributed by atoms with van der Waals surface area (Å²) in [6.07, 6.45) is 0.322. The minimum Gasteiger partial charge on any atom is -0.399 e. The second kappa shape index (κ2) is 6.35. The number of nitrogens with two attached hydrogens (primary N) is 1. The predicted octanol–water partition coefficient (Wildman–Crippen LogP) is 2.08. The van der Waals surface area contributed by atoms with Crippen molar-refractivity contribution in [2.24, 2.45) is 0 Å². The number of halogens is 1. The predicted molar refractivity (Wildman–Crippen MR) is 71.8 cm³/mol. The highest BCUT2D eigenvalue weighted by atomic mass is 19.1. The summed E-state index contributed by atoms with van der Waals surface area (Å²) in [5, 5.41) is 2.52. The molecular weight excluding hydrogens is 233 g/mol. The first kappa shape index (κ1) is 14.4. The maximum atomic E-state index is 13.4. The summed E-state index contributed by atoms with van der Waals surface area (Å²) in [5.74, 6) is -0.693. The number of carbonyl (C=O) groups excluding carboxylic acids is 1. The van der Waals surface area contributed by atoms with Crippen molar-refractivity contribution in [2.45, 2.75) is 26.3 Å². The number of benzene rings is 1. The van der Waals surface area contributed by atoms with E-state index in [1.54, 1.807) is 0 Å². The van der Waals surface area contributed by atoms with Gasteiger partial charge in [0.1, 0.15) is 5.82 Å². The molecule has 5 heteroatoms. The maximum absolute atomic E-state index is 13.4. The number of carbonyl (C=O) groups is 1. The van der Waals surface area contributed by atoms with Crippen LogP contribution in [-0.4, -0.2) is 30.4 Å². The van der Waals surface area contributed by atoms with E-state index in [4.69, 9.17) is 5.73 Å². The fraction of sp³-hybridized carbons (Fsp3) is 0.462. The second-order valence-electron chi connectivity index (χ2n) is 4.61. The first-order valence-electron chi connectivity index (χ1n) is 5.95. The van der Waals surface area contributed by atoms with Gasteiger partial charge in [0, 0.05) is 24.7 Å². The minimum absolute atomic E-state index is 0.132. The number of hydrogen-bond acceptors (Lipinski definition) is 3. The van der Waals surface area contributed by atoms with Gasteiger partial charge in [-0.25, -0.2) is 4.39 Å². The van der Waals surface area contributed by atoms with Crippen LogP contribution >= 0.6 is 0 Å². The molecular formula is C13H20FN3O. The average molecular weight is 253 g/mol. The molecule has 0 heterocycles. The van der Waals surface area contributed by atoms with E-state index in [2.05, 4.69) is 24.1 Å². The summed E-state index contributed by atoms with van der Waals surface area (Å²) in [6.45, 7) is 4.73. The quantitative estimate of drug-likeness (QED) is 0.790. The average Bonchev–Trinajstić information content (AvgIpc) is 2.30. The molecule has 100 valence electrons. The van der Waals surface area contributed by atoms with Gasteiger partial charge in [-0.2, -0.15) is 0 Å². The molecule has 0 atom stereocenters. The van der Waals surface area contributed by atoms with Crippen LogP contribution in [0.1, 0.15) is 20.3 Å². The van der Waals surface area contributed by atoms with Gasteiger partial charge in [0.05, 0.1) is 5.69 Å². The molecule has 1 amide bonds. The smallest absolute Gasteiger partial charge is 0.225 e. The van der Waals surface area contributed by atoms with Crippen molar-refractivity contribution >= 4 is 17.3 Å². The van der Waals surface area contributed by atoms with Gasteiger partial charge in [-0.3, -0.25) is 4.79 Å². The van der Waals surface area contributed by atoms with E-state index >= 15 is 0 Å². The first-order valence-corrected chi connectivity index (χ1v) is 5.95. The van der Waals surface area contributed by atoms with E-state index < -0.39 is 5.82 Å². The molecule has 0 radical (unpaired) electrons. The molecule has 4 nitrogen and oxygen atoms in total. The van der Waals surface area contributed by atoms with Crippen LogP contribution in [0.4, 0.5) is 15.8 Å². The van der Waals surface area contributed by atoms with E-state index in [1.807, 2.05) is 7.05 Å². The largest absolute Gasteiger partial charge is 0.399 e. The Morgan fingerprint density at radius 2 is 2.17 bits per heavy atom. The Labute approximate surface area is 107 Å². The van der Waals surface area contributed by atoms with Crippen LogP contribution < -0.4 is 11.1 Å². The van der Waals surface area contributed by atoms with Crippen LogP contribution in [-0.2, 0) is 4.79 Å². The number of nitrogens with zero attached hydrogens (tertiary/aromatic N) is 1. The normalized spacial score (nSPS) is 11.0. The standard InChI is InChI=1S/C13H20FN3O/c1-9(2)17(3)7-6-13(18)16-12-8-10(15)4-5-11(12)14/h4-5,8-9H,6-7,15H2,1-3H3,(H,16,18). The van der Waals surface area contributed by atoms with E-state index in [1.165, 1.54) is 18.2 Å². The lowest BCUT2D eigenvalue weighted by atomic mass is 10.2. The van der Waals surface area contributed by atoms with Crippen LogP contribution in [0.15, 0.2) is 18.2 Å². The maximum Gasteiger partial charge on any atom is 0.225 e. The third kappa shape index (κ3) is 4.33. The zero-order valence-electron chi connectivity index (χ0n) is 11.0. The third-order valence-corrected chi connectivity index (χ3v) is 2.84. The number of nitrogens with one attached hydrogen (secondary N) is 1. The van der Waals surface area contributed by atoms with E-state index in [0.29, 0.717) is 24.7 Å². The molecule has 0 fully saturated rings. The molecule has 18 heavy (non-hydrogen) atoms. The summed E-state index contributed by atoms with van der Waals surface area (Å²) >= 11 is 0. The van der Waals surface area contributed by atoms with Gasteiger partial charge in [0.2, 0.25) is 5.91 Å². The van der Waals surface area contributed by atoms with Gasteiger partial charge in [0.15, 0.2) is 0 Å². The molecule has 1 aromatic rings. The molecule has 0 aliphatic carbocycles. The minimum atomic E-state index is -0.477. The number of anilines is 2. The Morgan fingerprint density at radius 3 is 2.78 bits per heavy atom.